The van der Waals surface area contributed by atoms with Crippen LogP contribution >= 0.6 is 0 Å². The number of likely N-dealkylation sites (tertiary alicyclic amines) is 1. The molecule has 2 fully saturated rings. The smallest absolute Gasteiger partial charge is 0.131 e. The molecule has 3 atom stereocenters. The van der Waals surface area contributed by atoms with Crippen LogP contribution in [0.2, 0.25) is 0 Å². The summed E-state index contributed by atoms with van der Waals surface area (Å²) in [6.45, 7) is 4.75. The molecule has 1 aromatic carbocycles. The molecule has 116 valence electrons. The minimum atomic E-state index is -0.770. The summed E-state index contributed by atoms with van der Waals surface area (Å²) >= 11 is 0. The Bertz CT molecular complexity index is 506. The number of aliphatic hydroxyl groups is 1. The summed E-state index contributed by atoms with van der Waals surface area (Å²) in [6, 6.07) is 5.79. The van der Waals surface area contributed by atoms with Gasteiger partial charge >= 0.3 is 0 Å². The molecule has 3 nitrogen and oxygen atoms in total. The highest BCUT2D eigenvalue weighted by Gasteiger charge is 2.35. The van der Waals surface area contributed by atoms with Gasteiger partial charge in [0.1, 0.15) is 5.82 Å². The first-order valence-corrected chi connectivity index (χ1v) is 7.99. The Kier molecular flexibility index (Phi) is 4.18. The van der Waals surface area contributed by atoms with E-state index in [-0.39, 0.29) is 5.82 Å². The normalized spacial score (nSPS) is 28.3. The molecule has 0 aliphatic carbocycles. The molecule has 3 rings (SSSR count). The standard InChI is InChI=1S/C17H25FN2O/c1-12(21)17-14(18)6-3-7-16(17)20-10-8-15-13(11-20)5-4-9-19(15)2/h3,6-7,12-13,15,21H,4-5,8-11H2,1-2H3. The van der Waals surface area contributed by atoms with Crippen molar-refractivity contribution in [3.05, 3.63) is 29.6 Å². The predicted octanol–water partition coefficient (Wildman–Crippen LogP) is 2.80. The summed E-state index contributed by atoms with van der Waals surface area (Å²) in [5.74, 6) is 0.355. The molecule has 4 heteroatoms. The SMILES string of the molecule is CC(O)c1c(F)cccc1N1CCC2C(CCCN2C)C1. The molecular weight excluding hydrogens is 267 g/mol. The lowest BCUT2D eigenvalue weighted by atomic mass is 9.84. The maximum absolute atomic E-state index is 14.1. The van der Waals surface area contributed by atoms with Crippen molar-refractivity contribution < 1.29 is 9.50 Å². The molecule has 21 heavy (non-hydrogen) atoms. The molecule has 2 heterocycles. The zero-order chi connectivity index (χ0) is 15.0. The van der Waals surface area contributed by atoms with Crippen molar-refractivity contribution in [2.24, 2.45) is 5.92 Å². The van der Waals surface area contributed by atoms with Gasteiger partial charge in [0.2, 0.25) is 0 Å². The Labute approximate surface area is 126 Å². The highest BCUT2D eigenvalue weighted by Crippen LogP contribution is 2.35. The molecule has 1 N–H and O–H groups in total. The maximum atomic E-state index is 14.1. The van der Waals surface area contributed by atoms with Crippen LogP contribution in [0.5, 0.6) is 0 Å². The molecule has 2 aliphatic heterocycles. The lowest BCUT2D eigenvalue weighted by Gasteiger charge is -2.47. The van der Waals surface area contributed by atoms with Crippen molar-refractivity contribution >= 4 is 5.69 Å². The summed E-state index contributed by atoms with van der Waals surface area (Å²) in [7, 11) is 2.22. The Morgan fingerprint density at radius 3 is 2.86 bits per heavy atom. The number of hydrogen-bond donors (Lipinski definition) is 1. The van der Waals surface area contributed by atoms with Gasteiger partial charge in [0.15, 0.2) is 0 Å². The predicted molar refractivity (Wildman–Crippen MR) is 83.0 cm³/mol. The van der Waals surface area contributed by atoms with Crippen molar-refractivity contribution in [3.63, 3.8) is 0 Å². The van der Waals surface area contributed by atoms with E-state index in [0.29, 0.717) is 17.5 Å². The number of anilines is 1. The fourth-order valence-electron chi connectivity index (χ4n) is 4.09. The average molecular weight is 292 g/mol. The van der Waals surface area contributed by atoms with Gasteiger partial charge in [-0.15, -0.1) is 0 Å². The molecule has 0 radical (unpaired) electrons. The lowest BCUT2D eigenvalue weighted by Crippen LogP contribution is -2.53. The van der Waals surface area contributed by atoms with E-state index in [1.807, 2.05) is 6.07 Å². The van der Waals surface area contributed by atoms with Gasteiger partial charge in [0.25, 0.3) is 0 Å². The van der Waals surface area contributed by atoms with E-state index < -0.39 is 6.10 Å². The highest BCUT2D eigenvalue weighted by molar-refractivity contribution is 5.55. The highest BCUT2D eigenvalue weighted by atomic mass is 19.1. The van der Waals surface area contributed by atoms with Crippen LogP contribution in [0.4, 0.5) is 10.1 Å². The molecule has 0 bridgehead atoms. The summed E-state index contributed by atoms with van der Waals surface area (Å²) < 4.78 is 14.1. The lowest BCUT2D eigenvalue weighted by molar-refractivity contribution is 0.102. The molecule has 0 aromatic heterocycles. The quantitative estimate of drug-likeness (QED) is 0.908. The summed E-state index contributed by atoms with van der Waals surface area (Å²) in [6.07, 6.45) is 2.85. The number of hydrogen-bond acceptors (Lipinski definition) is 3. The van der Waals surface area contributed by atoms with Gasteiger partial charge in [-0.2, -0.15) is 0 Å². The molecule has 0 amide bonds. The Balaban J connectivity index is 1.84. The minimum absolute atomic E-state index is 0.301. The molecule has 0 spiro atoms. The third-order valence-electron chi connectivity index (χ3n) is 5.13. The van der Waals surface area contributed by atoms with Gasteiger partial charge in [-0.1, -0.05) is 6.07 Å². The fourth-order valence-corrected chi connectivity index (χ4v) is 4.09. The fraction of sp³-hybridized carbons (Fsp3) is 0.647. The van der Waals surface area contributed by atoms with E-state index in [1.54, 1.807) is 13.0 Å². The van der Waals surface area contributed by atoms with Gasteiger partial charge in [0.05, 0.1) is 6.10 Å². The van der Waals surface area contributed by atoms with Crippen molar-refractivity contribution in [2.45, 2.75) is 38.3 Å². The summed E-state index contributed by atoms with van der Waals surface area (Å²) in [5, 5.41) is 9.92. The molecule has 1 aromatic rings. The van der Waals surface area contributed by atoms with Gasteiger partial charge < -0.3 is 14.9 Å². The second-order valence-corrected chi connectivity index (χ2v) is 6.53. The van der Waals surface area contributed by atoms with Gasteiger partial charge in [-0.3, -0.25) is 0 Å². The number of fused-ring (bicyclic) bond motifs is 1. The third kappa shape index (κ3) is 2.79. The largest absolute Gasteiger partial charge is 0.389 e. The number of benzene rings is 1. The van der Waals surface area contributed by atoms with Gasteiger partial charge in [0, 0.05) is 30.4 Å². The van der Waals surface area contributed by atoms with E-state index in [9.17, 15) is 9.50 Å². The van der Waals surface area contributed by atoms with Gasteiger partial charge in [-0.25, -0.2) is 4.39 Å². The van der Waals surface area contributed by atoms with E-state index >= 15 is 0 Å². The average Bonchev–Trinajstić information content (AvgIpc) is 2.46. The first-order valence-electron chi connectivity index (χ1n) is 7.99. The van der Waals surface area contributed by atoms with Crippen LogP contribution < -0.4 is 4.90 Å². The van der Waals surface area contributed by atoms with Crippen molar-refractivity contribution in [2.75, 3.05) is 31.6 Å². The van der Waals surface area contributed by atoms with E-state index in [2.05, 4.69) is 16.8 Å². The molecular formula is C17H25FN2O. The molecule has 3 unspecified atom stereocenters. The van der Waals surface area contributed by atoms with Crippen molar-refractivity contribution in [3.8, 4) is 0 Å². The van der Waals surface area contributed by atoms with Crippen LogP contribution in [0.1, 0.15) is 37.9 Å². The van der Waals surface area contributed by atoms with E-state index in [1.165, 1.54) is 25.5 Å². The molecule has 0 saturated carbocycles. The van der Waals surface area contributed by atoms with Crippen LogP contribution in [-0.4, -0.2) is 42.7 Å². The Morgan fingerprint density at radius 2 is 2.10 bits per heavy atom. The molecule has 2 saturated heterocycles. The van der Waals surface area contributed by atoms with Crippen LogP contribution in [0.3, 0.4) is 0 Å². The third-order valence-corrected chi connectivity index (χ3v) is 5.13. The number of halogens is 1. The number of piperidine rings is 2. The van der Waals surface area contributed by atoms with Crippen LogP contribution in [0.15, 0.2) is 18.2 Å². The van der Waals surface area contributed by atoms with Crippen LogP contribution in [-0.2, 0) is 0 Å². The number of aliphatic hydroxyl groups excluding tert-OH is 1. The Morgan fingerprint density at radius 1 is 1.29 bits per heavy atom. The molecule has 2 aliphatic rings. The second kappa shape index (κ2) is 5.93. The Hall–Kier alpha value is -1.13. The first-order chi connectivity index (χ1) is 10.1. The summed E-state index contributed by atoms with van der Waals surface area (Å²) in [5.41, 5.74) is 1.32. The zero-order valence-electron chi connectivity index (χ0n) is 12.9. The topological polar surface area (TPSA) is 26.7 Å². The number of nitrogens with zero attached hydrogens (tertiary/aromatic N) is 2. The first kappa shape index (κ1) is 14.8. The maximum Gasteiger partial charge on any atom is 0.131 e. The van der Waals surface area contributed by atoms with Crippen molar-refractivity contribution in [1.82, 2.24) is 4.90 Å². The number of rotatable bonds is 2. The summed E-state index contributed by atoms with van der Waals surface area (Å²) in [4.78, 5) is 4.75. The van der Waals surface area contributed by atoms with E-state index in [0.717, 1.165) is 25.2 Å². The van der Waals surface area contributed by atoms with Crippen LogP contribution in [0, 0.1) is 11.7 Å². The monoisotopic (exact) mass is 292 g/mol. The van der Waals surface area contributed by atoms with Crippen LogP contribution in [0.25, 0.3) is 0 Å². The van der Waals surface area contributed by atoms with Gasteiger partial charge in [-0.05, 0) is 57.8 Å². The second-order valence-electron chi connectivity index (χ2n) is 6.53. The minimum Gasteiger partial charge on any atom is -0.389 e. The zero-order valence-corrected chi connectivity index (χ0v) is 12.9. The van der Waals surface area contributed by atoms with Crippen molar-refractivity contribution in [1.29, 1.82) is 0 Å². The van der Waals surface area contributed by atoms with E-state index in [4.69, 9.17) is 0 Å².